The second-order valence-corrected chi connectivity index (χ2v) is 4.74. The molecule has 0 saturated carbocycles. The molecule has 21 heavy (non-hydrogen) atoms. The summed E-state index contributed by atoms with van der Waals surface area (Å²) in [5, 5.41) is 1.31. The number of thiocarbonyl (C=S) groups is 1. The Morgan fingerprint density at radius 3 is 2.33 bits per heavy atom. The largest absolute Gasteiger partial charge is 0.494 e. The highest BCUT2D eigenvalue weighted by molar-refractivity contribution is 7.80. The lowest BCUT2D eigenvalue weighted by Crippen LogP contribution is -2.49. The van der Waals surface area contributed by atoms with Crippen molar-refractivity contribution in [1.82, 2.24) is 5.43 Å². The number of hydrogen-bond donors (Lipinski definition) is 2. The molecule has 0 aliphatic carbocycles. The Hall–Kier alpha value is -2.02. The highest BCUT2D eigenvalue weighted by atomic mass is 32.1. The predicted octanol–water partition coefficient (Wildman–Crippen LogP) is 1.98. The van der Waals surface area contributed by atoms with Crippen molar-refractivity contribution in [3.63, 3.8) is 0 Å². The van der Waals surface area contributed by atoms with E-state index >= 15 is 0 Å². The molecule has 1 amide bonds. The van der Waals surface area contributed by atoms with Gasteiger partial charge in [-0.15, -0.1) is 0 Å². The zero-order chi connectivity index (χ0) is 15.8. The molecule has 1 aromatic rings. The third-order valence-corrected chi connectivity index (χ3v) is 3.02. The maximum atomic E-state index is 11.9. The van der Waals surface area contributed by atoms with Crippen LogP contribution in [0.25, 0.3) is 0 Å². The summed E-state index contributed by atoms with van der Waals surface area (Å²) >= 11 is 5.02. The second-order valence-electron chi connectivity index (χ2n) is 4.32. The number of para-hydroxylation sites is 1. The molecule has 0 bridgehead atoms. The summed E-state index contributed by atoms with van der Waals surface area (Å²) in [5.41, 5.74) is 8.88. The highest BCUT2D eigenvalue weighted by Gasteiger charge is 2.21. The van der Waals surface area contributed by atoms with Gasteiger partial charge in [0.2, 0.25) is 5.91 Å². The van der Waals surface area contributed by atoms with Crippen molar-refractivity contribution >= 4 is 28.9 Å². The molecule has 0 aliphatic heterocycles. The molecule has 6 nitrogen and oxygen atoms in total. The van der Waals surface area contributed by atoms with Gasteiger partial charge in [-0.3, -0.25) is 10.2 Å². The Labute approximate surface area is 130 Å². The fraction of sp³-hybridized carbons (Fsp3) is 0.429. The van der Waals surface area contributed by atoms with Crippen LogP contribution in [0.3, 0.4) is 0 Å². The van der Waals surface area contributed by atoms with Crippen LogP contribution in [0.1, 0.15) is 26.2 Å². The van der Waals surface area contributed by atoms with E-state index in [1.165, 1.54) is 19.2 Å². The van der Waals surface area contributed by atoms with Crippen molar-refractivity contribution in [1.29, 1.82) is 0 Å². The fourth-order valence-corrected chi connectivity index (χ4v) is 1.93. The van der Waals surface area contributed by atoms with E-state index in [-0.39, 0.29) is 11.0 Å². The number of carbonyl (C=O) groups is 1. The van der Waals surface area contributed by atoms with Crippen LogP contribution in [0.15, 0.2) is 18.2 Å². The molecule has 0 unspecified atom stereocenters. The van der Waals surface area contributed by atoms with E-state index in [1.54, 1.807) is 18.2 Å². The van der Waals surface area contributed by atoms with Gasteiger partial charge in [0.25, 0.3) is 0 Å². The summed E-state index contributed by atoms with van der Waals surface area (Å²) in [6, 6.07) is 5.25. The zero-order valence-corrected chi connectivity index (χ0v) is 13.3. The molecule has 7 heteroatoms. The smallest absolute Gasteiger partial charge is 0.238 e. The van der Waals surface area contributed by atoms with Gasteiger partial charge in [0.1, 0.15) is 17.2 Å². The van der Waals surface area contributed by atoms with Gasteiger partial charge >= 0.3 is 0 Å². The van der Waals surface area contributed by atoms with Crippen LogP contribution in [-0.4, -0.2) is 25.2 Å². The van der Waals surface area contributed by atoms with Gasteiger partial charge in [-0.05, 0) is 30.8 Å². The molecule has 1 aromatic carbocycles. The lowest BCUT2D eigenvalue weighted by atomic mass is 10.2. The minimum Gasteiger partial charge on any atom is -0.494 e. The second kappa shape index (κ2) is 8.31. The molecule has 1 rings (SSSR count). The van der Waals surface area contributed by atoms with E-state index in [0.717, 1.165) is 12.8 Å². The summed E-state index contributed by atoms with van der Waals surface area (Å²) in [6.45, 7) is 2.02. The molecule has 116 valence electrons. The monoisotopic (exact) mass is 311 g/mol. The number of rotatable bonds is 6. The molecule has 0 radical (unpaired) electrons. The Morgan fingerprint density at radius 1 is 1.33 bits per heavy atom. The highest BCUT2D eigenvalue weighted by Crippen LogP contribution is 2.36. The number of carbonyl (C=O) groups excluding carboxylic acids is 1. The molecular formula is C14H21N3O3S. The first kappa shape index (κ1) is 17.0. The lowest BCUT2D eigenvalue weighted by Gasteiger charge is -2.26. The van der Waals surface area contributed by atoms with E-state index in [9.17, 15) is 4.79 Å². The van der Waals surface area contributed by atoms with Crippen LogP contribution in [0.2, 0.25) is 0 Å². The average molecular weight is 311 g/mol. The number of amides is 1. The molecule has 0 saturated heterocycles. The lowest BCUT2D eigenvalue weighted by molar-refractivity contribution is -0.121. The quantitative estimate of drug-likeness (QED) is 0.618. The minimum absolute atomic E-state index is 0.00245. The van der Waals surface area contributed by atoms with Gasteiger partial charge in [0.05, 0.1) is 14.2 Å². The van der Waals surface area contributed by atoms with E-state index in [2.05, 4.69) is 5.43 Å². The van der Waals surface area contributed by atoms with Crippen LogP contribution in [-0.2, 0) is 4.79 Å². The number of hydrazine groups is 1. The standard InChI is InChI=1S/C14H21N3O3S/c1-4-5-9-12(18)16-17(14(15)21)13-10(19-2)7-6-8-11(13)20-3/h6-8H,4-5,9H2,1-3H3,(H2,15,21)(H,16,18). The third-order valence-electron chi connectivity index (χ3n) is 2.84. The number of methoxy groups -OCH3 is 2. The van der Waals surface area contributed by atoms with Crippen molar-refractivity contribution in [3.8, 4) is 11.5 Å². The average Bonchev–Trinajstić information content (AvgIpc) is 2.49. The Bertz CT molecular complexity index is 486. The van der Waals surface area contributed by atoms with Gasteiger partial charge in [-0.25, -0.2) is 5.01 Å². The Balaban J connectivity index is 3.11. The number of nitrogens with zero attached hydrogens (tertiary/aromatic N) is 1. The van der Waals surface area contributed by atoms with Crippen LogP contribution in [0.4, 0.5) is 5.69 Å². The van der Waals surface area contributed by atoms with Crippen LogP contribution in [0.5, 0.6) is 11.5 Å². The van der Waals surface area contributed by atoms with Gasteiger partial charge in [-0.2, -0.15) is 0 Å². The Morgan fingerprint density at radius 2 is 1.90 bits per heavy atom. The van der Waals surface area contributed by atoms with Crippen molar-refractivity contribution in [3.05, 3.63) is 18.2 Å². The molecular weight excluding hydrogens is 290 g/mol. The summed E-state index contributed by atoms with van der Waals surface area (Å²) in [4.78, 5) is 11.9. The molecule has 0 atom stereocenters. The Kier molecular flexibility index (Phi) is 6.74. The van der Waals surface area contributed by atoms with Gasteiger partial charge < -0.3 is 15.2 Å². The molecule has 0 heterocycles. The van der Waals surface area contributed by atoms with Crippen molar-refractivity contribution in [2.24, 2.45) is 5.73 Å². The normalized spacial score (nSPS) is 9.86. The van der Waals surface area contributed by atoms with Crippen molar-refractivity contribution in [2.45, 2.75) is 26.2 Å². The first-order valence-electron chi connectivity index (χ1n) is 6.65. The molecule has 0 fully saturated rings. The van der Waals surface area contributed by atoms with Gasteiger partial charge in [0, 0.05) is 6.42 Å². The SMILES string of the molecule is CCCCC(=O)NN(C(N)=S)c1c(OC)cccc1OC. The molecule has 0 aromatic heterocycles. The number of benzene rings is 1. The summed E-state index contributed by atoms with van der Waals surface area (Å²) in [7, 11) is 3.05. The fourth-order valence-electron chi connectivity index (χ4n) is 1.79. The zero-order valence-electron chi connectivity index (χ0n) is 12.5. The van der Waals surface area contributed by atoms with Crippen molar-refractivity contribution in [2.75, 3.05) is 19.2 Å². The molecule has 0 aliphatic rings. The number of nitrogens with two attached hydrogens (primary N) is 1. The predicted molar refractivity (Wildman–Crippen MR) is 86.5 cm³/mol. The molecule has 0 spiro atoms. The van der Waals surface area contributed by atoms with Gasteiger partial charge in [0.15, 0.2) is 5.11 Å². The van der Waals surface area contributed by atoms with Crippen LogP contribution in [0, 0.1) is 0 Å². The van der Waals surface area contributed by atoms with E-state index in [4.69, 9.17) is 27.4 Å². The van der Waals surface area contributed by atoms with Crippen LogP contribution < -0.4 is 25.6 Å². The van der Waals surface area contributed by atoms with Crippen molar-refractivity contribution < 1.29 is 14.3 Å². The van der Waals surface area contributed by atoms with E-state index < -0.39 is 0 Å². The topological polar surface area (TPSA) is 76.8 Å². The number of unbranched alkanes of at least 4 members (excludes halogenated alkanes) is 1. The number of hydrogen-bond acceptors (Lipinski definition) is 4. The number of ether oxygens (including phenoxy) is 2. The maximum absolute atomic E-state index is 11.9. The summed E-state index contributed by atoms with van der Waals surface area (Å²) < 4.78 is 10.6. The maximum Gasteiger partial charge on any atom is 0.238 e. The number of anilines is 1. The number of nitrogens with one attached hydrogen (secondary N) is 1. The third kappa shape index (κ3) is 4.49. The van der Waals surface area contributed by atoms with Gasteiger partial charge in [-0.1, -0.05) is 19.4 Å². The van der Waals surface area contributed by atoms with Crippen LogP contribution >= 0.6 is 12.2 Å². The first-order chi connectivity index (χ1) is 10.0. The first-order valence-corrected chi connectivity index (χ1v) is 7.06. The minimum atomic E-state index is -0.169. The van der Waals surface area contributed by atoms with E-state index in [1.807, 2.05) is 6.92 Å². The summed E-state index contributed by atoms with van der Waals surface area (Å²) in [6.07, 6.45) is 2.12. The molecule has 3 N–H and O–H groups in total. The van der Waals surface area contributed by atoms with E-state index in [0.29, 0.717) is 23.6 Å². The summed E-state index contributed by atoms with van der Waals surface area (Å²) in [5.74, 6) is 0.827.